The lowest BCUT2D eigenvalue weighted by Gasteiger charge is -2.20. The van der Waals surface area contributed by atoms with Crippen molar-refractivity contribution in [1.29, 1.82) is 0 Å². The molecule has 0 atom stereocenters. The largest absolute Gasteiger partial charge is 0.300 e. The molecule has 13 heavy (non-hydrogen) atoms. The Morgan fingerprint density at radius 1 is 1.15 bits per heavy atom. The maximum absolute atomic E-state index is 11.3. The summed E-state index contributed by atoms with van der Waals surface area (Å²) in [5, 5.41) is 0. The van der Waals surface area contributed by atoms with Gasteiger partial charge in [-0.3, -0.25) is 4.79 Å². The molecule has 76 valence electrons. The summed E-state index contributed by atoms with van der Waals surface area (Å²) in [5.74, 6) is 1.35. The second kappa shape index (κ2) is 6.17. The van der Waals surface area contributed by atoms with Gasteiger partial charge in [0.2, 0.25) is 0 Å². The predicted octanol–water partition coefficient (Wildman–Crippen LogP) is 3.72. The Balaban J connectivity index is 2.06. The van der Waals surface area contributed by atoms with Crippen LogP contribution in [0.1, 0.15) is 64.7 Å². The molecule has 0 saturated heterocycles. The van der Waals surface area contributed by atoms with Crippen LogP contribution in [0, 0.1) is 5.92 Å². The first-order valence-electron chi connectivity index (χ1n) is 5.84. The molecule has 0 unspecified atom stereocenters. The Labute approximate surface area is 81.9 Å². The van der Waals surface area contributed by atoms with Gasteiger partial charge in [-0.2, -0.15) is 0 Å². The van der Waals surface area contributed by atoms with E-state index in [1.807, 2.05) is 0 Å². The van der Waals surface area contributed by atoms with Gasteiger partial charge in [-0.05, 0) is 18.8 Å². The molecule has 1 saturated carbocycles. The van der Waals surface area contributed by atoms with Crippen molar-refractivity contribution < 1.29 is 4.79 Å². The van der Waals surface area contributed by atoms with E-state index < -0.39 is 0 Å². The van der Waals surface area contributed by atoms with Gasteiger partial charge in [-0.1, -0.05) is 39.0 Å². The fourth-order valence-electron chi connectivity index (χ4n) is 2.24. The van der Waals surface area contributed by atoms with E-state index in [-0.39, 0.29) is 0 Å². The zero-order valence-electron chi connectivity index (χ0n) is 8.85. The summed E-state index contributed by atoms with van der Waals surface area (Å²) in [4.78, 5) is 11.3. The van der Waals surface area contributed by atoms with Crippen LogP contribution in [0.2, 0.25) is 0 Å². The average Bonchev–Trinajstić information content (AvgIpc) is 2.17. The molecule has 0 heterocycles. The quantitative estimate of drug-likeness (QED) is 0.633. The van der Waals surface area contributed by atoms with Crippen molar-refractivity contribution in [3.63, 3.8) is 0 Å². The van der Waals surface area contributed by atoms with Crippen LogP contribution in [0.3, 0.4) is 0 Å². The minimum Gasteiger partial charge on any atom is -0.300 e. The first-order chi connectivity index (χ1) is 6.33. The van der Waals surface area contributed by atoms with Crippen molar-refractivity contribution in [3.05, 3.63) is 0 Å². The van der Waals surface area contributed by atoms with E-state index in [9.17, 15) is 4.79 Å². The first kappa shape index (κ1) is 10.7. The number of ketones is 1. The molecule has 0 aromatic carbocycles. The van der Waals surface area contributed by atoms with E-state index in [1.54, 1.807) is 0 Å². The van der Waals surface area contributed by atoms with Crippen molar-refractivity contribution in [2.75, 3.05) is 0 Å². The van der Waals surface area contributed by atoms with Crippen molar-refractivity contribution >= 4 is 5.78 Å². The lowest BCUT2D eigenvalue weighted by Crippen LogP contribution is -2.08. The van der Waals surface area contributed by atoms with E-state index in [2.05, 4.69) is 6.92 Å². The summed E-state index contributed by atoms with van der Waals surface area (Å²) >= 11 is 0. The van der Waals surface area contributed by atoms with E-state index in [4.69, 9.17) is 0 Å². The van der Waals surface area contributed by atoms with Crippen LogP contribution in [-0.4, -0.2) is 5.78 Å². The summed E-state index contributed by atoms with van der Waals surface area (Å²) in [5.41, 5.74) is 0. The van der Waals surface area contributed by atoms with Crippen molar-refractivity contribution in [2.45, 2.75) is 64.7 Å². The Kier molecular flexibility index (Phi) is 5.10. The van der Waals surface area contributed by atoms with E-state index in [1.165, 1.54) is 38.5 Å². The summed E-state index contributed by atoms with van der Waals surface area (Å²) in [7, 11) is 0. The minimum atomic E-state index is 0.480. The smallest absolute Gasteiger partial charge is 0.132 e. The maximum Gasteiger partial charge on any atom is 0.132 e. The van der Waals surface area contributed by atoms with Crippen LogP contribution in [-0.2, 0) is 4.79 Å². The minimum absolute atomic E-state index is 0.480. The van der Waals surface area contributed by atoms with Gasteiger partial charge in [0.15, 0.2) is 0 Å². The van der Waals surface area contributed by atoms with Crippen LogP contribution in [0.15, 0.2) is 0 Å². The Morgan fingerprint density at radius 3 is 2.46 bits per heavy atom. The van der Waals surface area contributed by atoms with Crippen LogP contribution in [0.25, 0.3) is 0 Å². The molecule has 0 aromatic rings. The van der Waals surface area contributed by atoms with Gasteiger partial charge in [0.05, 0.1) is 0 Å². The SMILES string of the molecule is CCCC(=O)CCC1CCCCC1. The lowest BCUT2D eigenvalue weighted by atomic mass is 9.85. The number of carbonyl (C=O) groups excluding carboxylic acids is 1. The summed E-state index contributed by atoms with van der Waals surface area (Å²) in [6, 6.07) is 0. The zero-order chi connectivity index (χ0) is 9.52. The molecular weight excluding hydrogens is 160 g/mol. The van der Waals surface area contributed by atoms with Gasteiger partial charge < -0.3 is 0 Å². The van der Waals surface area contributed by atoms with Gasteiger partial charge in [0.25, 0.3) is 0 Å². The number of hydrogen-bond acceptors (Lipinski definition) is 1. The molecule has 0 N–H and O–H groups in total. The summed E-state index contributed by atoms with van der Waals surface area (Å²) < 4.78 is 0. The molecule has 0 radical (unpaired) electrons. The topological polar surface area (TPSA) is 17.1 Å². The number of Topliss-reactive ketones (excluding diaryl/α,β-unsaturated/α-hetero) is 1. The maximum atomic E-state index is 11.3. The highest BCUT2D eigenvalue weighted by molar-refractivity contribution is 5.78. The second-order valence-corrected chi connectivity index (χ2v) is 4.33. The molecule has 1 aliphatic rings. The molecule has 1 rings (SSSR count). The summed E-state index contributed by atoms with van der Waals surface area (Å²) in [6.45, 7) is 2.08. The third-order valence-corrected chi connectivity index (χ3v) is 3.09. The Hall–Kier alpha value is -0.330. The number of rotatable bonds is 5. The van der Waals surface area contributed by atoms with Crippen molar-refractivity contribution in [2.24, 2.45) is 5.92 Å². The normalized spacial score (nSPS) is 18.8. The molecule has 0 amide bonds. The zero-order valence-corrected chi connectivity index (χ0v) is 8.85. The second-order valence-electron chi connectivity index (χ2n) is 4.33. The molecule has 1 aliphatic carbocycles. The number of carbonyl (C=O) groups is 1. The average molecular weight is 182 g/mol. The van der Waals surface area contributed by atoms with Crippen LogP contribution < -0.4 is 0 Å². The predicted molar refractivity (Wildman–Crippen MR) is 55.7 cm³/mol. The van der Waals surface area contributed by atoms with Gasteiger partial charge in [-0.15, -0.1) is 0 Å². The molecular formula is C12H22O. The van der Waals surface area contributed by atoms with Gasteiger partial charge in [0.1, 0.15) is 5.78 Å². The highest BCUT2D eigenvalue weighted by Crippen LogP contribution is 2.27. The molecule has 0 bridgehead atoms. The molecule has 0 spiro atoms. The van der Waals surface area contributed by atoms with Crippen molar-refractivity contribution in [1.82, 2.24) is 0 Å². The Bertz CT molecular complexity index is 145. The highest BCUT2D eigenvalue weighted by Gasteiger charge is 2.14. The third-order valence-electron chi connectivity index (χ3n) is 3.09. The fraction of sp³-hybridized carbons (Fsp3) is 0.917. The van der Waals surface area contributed by atoms with E-state index in [0.717, 1.165) is 25.2 Å². The van der Waals surface area contributed by atoms with Crippen molar-refractivity contribution in [3.8, 4) is 0 Å². The standard InChI is InChI=1S/C12H22O/c1-2-6-12(13)10-9-11-7-4-3-5-8-11/h11H,2-10H2,1H3. The van der Waals surface area contributed by atoms with E-state index in [0.29, 0.717) is 5.78 Å². The van der Waals surface area contributed by atoms with Gasteiger partial charge >= 0.3 is 0 Å². The molecule has 1 heteroatoms. The summed E-state index contributed by atoms with van der Waals surface area (Å²) in [6.07, 6.45) is 10.8. The van der Waals surface area contributed by atoms with Crippen LogP contribution in [0.5, 0.6) is 0 Å². The van der Waals surface area contributed by atoms with E-state index >= 15 is 0 Å². The van der Waals surface area contributed by atoms with Gasteiger partial charge in [-0.25, -0.2) is 0 Å². The van der Waals surface area contributed by atoms with Crippen LogP contribution in [0.4, 0.5) is 0 Å². The molecule has 1 fully saturated rings. The third kappa shape index (κ3) is 4.44. The monoisotopic (exact) mass is 182 g/mol. The Morgan fingerprint density at radius 2 is 1.85 bits per heavy atom. The highest BCUT2D eigenvalue weighted by atomic mass is 16.1. The lowest BCUT2D eigenvalue weighted by molar-refractivity contribution is -0.119. The fourth-order valence-corrected chi connectivity index (χ4v) is 2.24. The first-order valence-corrected chi connectivity index (χ1v) is 5.84. The van der Waals surface area contributed by atoms with Gasteiger partial charge in [0, 0.05) is 12.8 Å². The molecule has 0 aromatic heterocycles. The van der Waals surface area contributed by atoms with Crippen LogP contribution >= 0.6 is 0 Å². The molecule has 1 nitrogen and oxygen atoms in total. The number of hydrogen-bond donors (Lipinski definition) is 0. The molecule has 0 aliphatic heterocycles.